The van der Waals surface area contributed by atoms with Gasteiger partial charge in [0.1, 0.15) is 9.84 Å². The standard InChI is InChI=1S/C12H14F2O3S/c1-2-18(16,17)7-3-4-12(15)9-5-6-10(13)11(14)8-9/h5-6,8H,2-4,7H2,1H3. The van der Waals surface area contributed by atoms with Gasteiger partial charge in [-0.2, -0.15) is 0 Å². The van der Waals surface area contributed by atoms with E-state index in [4.69, 9.17) is 0 Å². The number of carbonyl (C=O) groups excluding carboxylic acids is 1. The van der Waals surface area contributed by atoms with Crippen LogP contribution in [0.3, 0.4) is 0 Å². The van der Waals surface area contributed by atoms with Gasteiger partial charge in [-0.15, -0.1) is 0 Å². The van der Waals surface area contributed by atoms with E-state index in [1.807, 2.05) is 0 Å². The van der Waals surface area contributed by atoms with Crippen molar-refractivity contribution in [3.63, 3.8) is 0 Å². The lowest BCUT2D eigenvalue weighted by molar-refractivity contribution is 0.0981. The first-order valence-electron chi connectivity index (χ1n) is 5.54. The summed E-state index contributed by atoms with van der Waals surface area (Å²) < 4.78 is 47.9. The van der Waals surface area contributed by atoms with Crippen molar-refractivity contribution in [3.05, 3.63) is 35.4 Å². The zero-order chi connectivity index (χ0) is 13.8. The third-order valence-electron chi connectivity index (χ3n) is 2.54. The number of halogens is 2. The van der Waals surface area contributed by atoms with Crippen molar-refractivity contribution in [2.24, 2.45) is 0 Å². The van der Waals surface area contributed by atoms with Gasteiger partial charge < -0.3 is 0 Å². The van der Waals surface area contributed by atoms with E-state index in [9.17, 15) is 22.0 Å². The molecule has 1 rings (SSSR count). The number of hydrogen-bond donors (Lipinski definition) is 0. The molecule has 0 amide bonds. The number of sulfone groups is 1. The van der Waals surface area contributed by atoms with Gasteiger partial charge in [0.15, 0.2) is 17.4 Å². The molecule has 0 N–H and O–H groups in total. The Kier molecular flexibility index (Phi) is 4.95. The summed E-state index contributed by atoms with van der Waals surface area (Å²) in [6.07, 6.45) is 0.193. The molecule has 100 valence electrons. The summed E-state index contributed by atoms with van der Waals surface area (Å²) in [5.74, 6) is -2.52. The Labute approximate surface area is 105 Å². The predicted octanol–water partition coefficient (Wildman–Crippen LogP) is 2.36. The fourth-order valence-corrected chi connectivity index (χ4v) is 2.28. The molecule has 0 unspecified atom stereocenters. The third kappa shape index (κ3) is 4.18. The van der Waals surface area contributed by atoms with E-state index >= 15 is 0 Å². The molecule has 0 radical (unpaired) electrons. The highest BCUT2D eigenvalue weighted by atomic mass is 32.2. The van der Waals surface area contributed by atoms with Crippen molar-refractivity contribution in [2.75, 3.05) is 11.5 Å². The Hall–Kier alpha value is -1.30. The van der Waals surface area contributed by atoms with Crippen LogP contribution in [0.15, 0.2) is 18.2 Å². The number of hydrogen-bond acceptors (Lipinski definition) is 3. The Balaban J connectivity index is 2.58. The minimum Gasteiger partial charge on any atom is -0.294 e. The molecule has 3 nitrogen and oxygen atoms in total. The fraction of sp³-hybridized carbons (Fsp3) is 0.417. The molecule has 0 aliphatic heterocycles. The van der Waals surface area contributed by atoms with Gasteiger partial charge in [-0.3, -0.25) is 4.79 Å². The number of carbonyl (C=O) groups is 1. The smallest absolute Gasteiger partial charge is 0.163 e. The Bertz CT molecular complexity index is 538. The van der Waals surface area contributed by atoms with Crippen molar-refractivity contribution in [2.45, 2.75) is 19.8 Å². The zero-order valence-electron chi connectivity index (χ0n) is 9.95. The van der Waals surface area contributed by atoms with Crippen LogP contribution in [0.2, 0.25) is 0 Å². The molecule has 0 aromatic heterocycles. The van der Waals surface area contributed by atoms with Crippen LogP contribution in [0.5, 0.6) is 0 Å². The average molecular weight is 276 g/mol. The molecule has 0 saturated heterocycles. The first kappa shape index (κ1) is 14.8. The first-order valence-corrected chi connectivity index (χ1v) is 7.36. The quantitative estimate of drug-likeness (QED) is 0.749. The molecule has 1 aromatic carbocycles. The number of ketones is 1. The van der Waals surface area contributed by atoms with E-state index in [0.29, 0.717) is 0 Å². The molecular weight excluding hydrogens is 262 g/mol. The topological polar surface area (TPSA) is 51.2 Å². The summed E-state index contributed by atoms with van der Waals surface area (Å²) in [4.78, 5) is 11.6. The van der Waals surface area contributed by atoms with Gasteiger partial charge in [0.05, 0.1) is 5.75 Å². The van der Waals surface area contributed by atoms with Crippen LogP contribution in [0, 0.1) is 11.6 Å². The van der Waals surface area contributed by atoms with Crippen LogP contribution in [0.25, 0.3) is 0 Å². The van der Waals surface area contributed by atoms with Crippen LogP contribution in [-0.2, 0) is 9.84 Å². The van der Waals surface area contributed by atoms with Gasteiger partial charge in [-0.05, 0) is 24.6 Å². The normalized spacial score (nSPS) is 11.5. The number of rotatable bonds is 6. The Morgan fingerprint density at radius 2 is 1.89 bits per heavy atom. The molecule has 0 spiro atoms. The molecular formula is C12H14F2O3S. The summed E-state index contributed by atoms with van der Waals surface area (Å²) in [5.41, 5.74) is 0.0581. The Morgan fingerprint density at radius 3 is 2.44 bits per heavy atom. The zero-order valence-corrected chi connectivity index (χ0v) is 10.8. The van der Waals surface area contributed by atoms with E-state index in [1.165, 1.54) is 13.0 Å². The lowest BCUT2D eigenvalue weighted by Gasteiger charge is -2.02. The Morgan fingerprint density at radius 1 is 1.22 bits per heavy atom. The summed E-state index contributed by atoms with van der Waals surface area (Å²) in [6.45, 7) is 1.53. The molecule has 0 atom stereocenters. The minimum atomic E-state index is -3.10. The second-order valence-corrected chi connectivity index (χ2v) is 6.36. The first-order chi connectivity index (χ1) is 8.35. The van der Waals surface area contributed by atoms with Gasteiger partial charge in [-0.25, -0.2) is 17.2 Å². The van der Waals surface area contributed by atoms with Gasteiger partial charge in [0.2, 0.25) is 0 Å². The molecule has 6 heteroatoms. The number of Topliss-reactive ketones (excluding diaryl/α,β-unsaturated/α-hetero) is 1. The van der Waals surface area contributed by atoms with Gasteiger partial charge in [0, 0.05) is 17.7 Å². The molecule has 0 saturated carbocycles. The SMILES string of the molecule is CCS(=O)(=O)CCCC(=O)c1ccc(F)c(F)c1. The molecule has 1 aromatic rings. The predicted molar refractivity (Wildman–Crippen MR) is 64.3 cm³/mol. The highest BCUT2D eigenvalue weighted by Gasteiger charge is 2.12. The second kappa shape index (κ2) is 6.04. The van der Waals surface area contributed by atoms with Crippen molar-refractivity contribution in [3.8, 4) is 0 Å². The second-order valence-electron chi connectivity index (χ2n) is 3.89. The highest BCUT2D eigenvalue weighted by Crippen LogP contribution is 2.12. The van der Waals surface area contributed by atoms with Crippen LogP contribution >= 0.6 is 0 Å². The summed E-state index contributed by atoms with van der Waals surface area (Å²) >= 11 is 0. The van der Waals surface area contributed by atoms with Crippen LogP contribution in [0.4, 0.5) is 8.78 Å². The van der Waals surface area contributed by atoms with E-state index < -0.39 is 21.5 Å². The van der Waals surface area contributed by atoms with Gasteiger partial charge >= 0.3 is 0 Å². The summed E-state index contributed by atoms with van der Waals surface area (Å²) in [6, 6.07) is 2.90. The number of benzene rings is 1. The molecule has 0 heterocycles. The minimum absolute atomic E-state index is 0.00427. The van der Waals surface area contributed by atoms with Crippen molar-refractivity contribution in [1.82, 2.24) is 0 Å². The monoisotopic (exact) mass is 276 g/mol. The maximum Gasteiger partial charge on any atom is 0.163 e. The maximum absolute atomic E-state index is 12.9. The molecule has 0 aliphatic rings. The van der Waals surface area contributed by atoms with Crippen LogP contribution < -0.4 is 0 Å². The average Bonchev–Trinajstić information content (AvgIpc) is 2.32. The summed E-state index contributed by atoms with van der Waals surface area (Å²) in [5, 5.41) is 0. The molecule has 0 bridgehead atoms. The lowest BCUT2D eigenvalue weighted by atomic mass is 10.1. The van der Waals surface area contributed by atoms with Crippen LogP contribution in [-0.4, -0.2) is 25.7 Å². The molecule has 0 fully saturated rings. The van der Waals surface area contributed by atoms with E-state index in [-0.39, 0.29) is 35.7 Å². The maximum atomic E-state index is 12.9. The molecule has 18 heavy (non-hydrogen) atoms. The largest absolute Gasteiger partial charge is 0.294 e. The highest BCUT2D eigenvalue weighted by molar-refractivity contribution is 7.91. The van der Waals surface area contributed by atoms with Crippen molar-refractivity contribution < 1.29 is 22.0 Å². The lowest BCUT2D eigenvalue weighted by Crippen LogP contribution is -2.10. The van der Waals surface area contributed by atoms with E-state index in [0.717, 1.165) is 12.1 Å². The molecule has 0 aliphatic carbocycles. The van der Waals surface area contributed by atoms with Crippen LogP contribution in [0.1, 0.15) is 30.1 Å². The van der Waals surface area contributed by atoms with E-state index in [1.54, 1.807) is 0 Å². The van der Waals surface area contributed by atoms with Crippen molar-refractivity contribution in [1.29, 1.82) is 0 Å². The fourth-order valence-electron chi connectivity index (χ4n) is 1.41. The van der Waals surface area contributed by atoms with Gasteiger partial charge in [-0.1, -0.05) is 6.92 Å². The van der Waals surface area contributed by atoms with Crippen molar-refractivity contribution >= 4 is 15.6 Å². The summed E-state index contributed by atoms with van der Waals surface area (Å²) in [7, 11) is -3.10. The van der Waals surface area contributed by atoms with Gasteiger partial charge in [0.25, 0.3) is 0 Å². The third-order valence-corrected chi connectivity index (χ3v) is 4.33. The van der Waals surface area contributed by atoms with E-state index in [2.05, 4.69) is 0 Å².